The fraction of sp³-hybridized carbons (Fsp3) is 0.241. The second-order valence-corrected chi connectivity index (χ2v) is 9.00. The molecule has 2 amide bonds. The minimum absolute atomic E-state index is 0.316. The van der Waals surface area contributed by atoms with Crippen LogP contribution in [0.15, 0.2) is 72.3 Å². The first-order valence-electron chi connectivity index (χ1n) is 11.8. The largest absolute Gasteiger partial charge is 0.497 e. The summed E-state index contributed by atoms with van der Waals surface area (Å²) in [5.74, 6) is 1.55. The molecule has 0 bridgehead atoms. The van der Waals surface area contributed by atoms with Gasteiger partial charge in [-0.05, 0) is 98.5 Å². The Hall–Kier alpha value is -4.26. The van der Waals surface area contributed by atoms with Crippen molar-refractivity contribution in [2.45, 2.75) is 39.8 Å². The molecule has 3 aromatic carbocycles. The van der Waals surface area contributed by atoms with E-state index in [0.717, 1.165) is 22.4 Å². The van der Waals surface area contributed by atoms with Crippen molar-refractivity contribution in [2.24, 2.45) is 0 Å². The van der Waals surface area contributed by atoms with E-state index in [0.29, 0.717) is 28.3 Å². The number of nitrogens with one attached hydrogen (secondary N) is 2. The Morgan fingerprint density at radius 2 is 1.47 bits per heavy atom. The van der Waals surface area contributed by atoms with Crippen LogP contribution in [0.4, 0.5) is 4.79 Å². The van der Waals surface area contributed by atoms with Crippen LogP contribution in [0.25, 0.3) is 5.70 Å². The van der Waals surface area contributed by atoms with E-state index in [-0.39, 0.29) is 6.10 Å². The van der Waals surface area contributed by atoms with Gasteiger partial charge in [-0.1, -0.05) is 18.2 Å². The van der Waals surface area contributed by atoms with Gasteiger partial charge in [0.15, 0.2) is 0 Å². The van der Waals surface area contributed by atoms with E-state index >= 15 is 0 Å². The third-order valence-electron chi connectivity index (χ3n) is 5.66. The predicted molar refractivity (Wildman–Crippen MR) is 138 cm³/mol. The van der Waals surface area contributed by atoms with Gasteiger partial charge < -0.3 is 24.8 Å². The summed E-state index contributed by atoms with van der Waals surface area (Å²) in [5.41, 5.74) is 4.33. The van der Waals surface area contributed by atoms with E-state index in [9.17, 15) is 9.59 Å². The van der Waals surface area contributed by atoms with Crippen LogP contribution < -0.4 is 20.1 Å². The number of methoxy groups -OCH3 is 1. The number of carbonyl (C=O) groups excluding carboxylic acids is 2. The zero-order valence-corrected chi connectivity index (χ0v) is 21.0. The molecule has 0 aliphatic carbocycles. The van der Waals surface area contributed by atoms with Crippen LogP contribution in [0.1, 0.15) is 42.1 Å². The normalized spacial score (nSPS) is 15.3. The molecule has 4 rings (SSSR count). The van der Waals surface area contributed by atoms with Gasteiger partial charge in [-0.25, -0.2) is 9.59 Å². The van der Waals surface area contributed by atoms with Gasteiger partial charge in [0.05, 0.1) is 30.5 Å². The number of benzene rings is 3. The topological polar surface area (TPSA) is 85.9 Å². The molecule has 0 fully saturated rings. The first kappa shape index (κ1) is 24.9. The lowest BCUT2D eigenvalue weighted by Crippen LogP contribution is -2.45. The van der Waals surface area contributed by atoms with Crippen LogP contribution in [0.3, 0.4) is 0 Å². The van der Waals surface area contributed by atoms with Gasteiger partial charge in [-0.3, -0.25) is 0 Å². The van der Waals surface area contributed by atoms with Gasteiger partial charge in [0.25, 0.3) is 0 Å². The molecule has 3 aromatic rings. The summed E-state index contributed by atoms with van der Waals surface area (Å²) >= 11 is 0. The van der Waals surface area contributed by atoms with Crippen LogP contribution >= 0.6 is 0 Å². The first-order chi connectivity index (χ1) is 17.2. The second kappa shape index (κ2) is 10.6. The number of rotatable bonds is 7. The highest BCUT2D eigenvalue weighted by molar-refractivity contribution is 6.04. The van der Waals surface area contributed by atoms with Crippen molar-refractivity contribution in [3.63, 3.8) is 0 Å². The number of amides is 2. The molecule has 1 aliphatic rings. The molecule has 7 heteroatoms. The fourth-order valence-electron chi connectivity index (χ4n) is 4.15. The lowest BCUT2D eigenvalue weighted by atomic mass is 9.92. The van der Waals surface area contributed by atoms with Crippen molar-refractivity contribution in [1.29, 1.82) is 0 Å². The smallest absolute Gasteiger partial charge is 0.338 e. The highest BCUT2D eigenvalue weighted by atomic mass is 16.5. The molecule has 1 heterocycles. The van der Waals surface area contributed by atoms with Crippen molar-refractivity contribution >= 4 is 17.7 Å². The van der Waals surface area contributed by atoms with Gasteiger partial charge in [-0.2, -0.15) is 0 Å². The molecule has 0 radical (unpaired) electrons. The summed E-state index contributed by atoms with van der Waals surface area (Å²) in [6, 6.07) is 19.3. The van der Waals surface area contributed by atoms with Crippen LogP contribution in [0.2, 0.25) is 0 Å². The summed E-state index contributed by atoms with van der Waals surface area (Å²) < 4.78 is 16.8. The van der Waals surface area contributed by atoms with E-state index in [1.165, 1.54) is 0 Å². The monoisotopic (exact) mass is 486 g/mol. The van der Waals surface area contributed by atoms with Gasteiger partial charge in [0.1, 0.15) is 17.2 Å². The molecule has 0 saturated heterocycles. The van der Waals surface area contributed by atoms with Crippen LogP contribution in [-0.2, 0) is 9.53 Å². The second-order valence-electron chi connectivity index (χ2n) is 9.00. The molecular formula is C29H30N2O5. The number of urea groups is 1. The predicted octanol–water partition coefficient (Wildman–Crippen LogP) is 5.82. The average molecular weight is 487 g/mol. The fourth-order valence-corrected chi connectivity index (χ4v) is 4.15. The molecule has 1 aliphatic heterocycles. The lowest BCUT2D eigenvalue weighted by molar-refractivity contribution is -0.143. The van der Waals surface area contributed by atoms with Gasteiger partial charge >= 0.3 is 12.0 Å². The lowest BCUT2D eigenvalue weighted by Gasteiger charge is -2.30. The van der Waals surface area contributed by atoms with Crippen LogP contribution in [0, 0.1) is 13.8 Å². The number of hydrogen-bond acceptors (Lipinski definition) is 5. The highest BCUT2D eigenvalue weighted by Gasteiger charge is 2.34. The summed E-state index contributed by atoms with van der Waals surface area (Å²) in [7, 11) is 1.58. The molecule has 0 aromatic heterocycles. The molecule has 186 valence electrons. The minimum atomic E-state index is -0.711. The quantitative estimate of drug-likeness (QED) is 0.411. The zero-order valence-electron chi connectivity index (χ0n) is 21.0. The molecule has 36 heavy (non-hydrogen) atoms. The van der Waals surface area contributed by atoms with Gasteiger partial charge in [0, 0.05) is 0 Å². The highest BCUT2D eigenvalue weighted by Crippen LogP contribution is 2.34. The molecule has 7 nitrogen and oxygen atoms in total. The minimum Gasteiger partial charge on any atom is -0.497 e. The van der Waals surface area contributed by atoms with Crippen molar-refractivity contribution in [1.82, 2.24) is 10.6 Å². The number of ether oxygens (including phenoxy) is 3. The Morgan fingerprint density at radius 3 is 2.06 bits per heavy atom. The van der Waals surface area contributed by atoms with E-state index in [4.69, 9.17) is 14.2 Å². The maximum Gasteiger partial charge on any atom is 0.338 e. The Bertz CT molecular complexity index is 1270. The summed E-state index contributed by atoms with van der Waals surface area (Å²) in [6.07, 6.45) is -0.325. The van der Waals surface area contributed by atoms with E-state index in [1.54, 1.807) is 45.2 Å². The molecule has 1 atom stereocenters. The Balaban J connectivity index is 1.71. The zero-order chi connectivity index (χ0) is 25.8. The SMILES string of the molecule is COc1ccc(C2=C(C(=O)OC(C)C)C(c3ccc(Oc4cc(C)cc(C)c4)cc3)NC(=O)N2)cc1. The molecule has 0 saturated carbocycles. The molecule has 1 unspecified atom stereocenters. The Labute approximate surface area is 211 Å². The summed E-state index contributed by atoms with van der Waals surface area (Å²) in [5, 5.41) is 5.66. The van der Waals surface area contributed by atoms with Crippen LogP contribution in [-0.4, -0.2) is 25.2 Å². The summed E-state index contributed by atoms with van der Waals surface area (Å²) in [6.45, 7) is 7.61. The molecule has 2 N–H and O–H groups in total. The van der Waals surface area contributed by atoms with E-state index < -0.39 is 18.0 Å². The third-order valence-corrected chi connectivity index (χ3v) is 5.66. The maximum absolute atomic E-state index is 13.3. The third kappa shape index (κ3) is 5.68. The number of carbonyl (C=O) groups is 2. The standard InChI is InChI=1S/C29H30N2O5/c1-17(2)35-28(32)25-26(20-6-10-22(34-5)11-7-20)30-29(33)31-27(25)21-8-12-23(13-9-21)36-24-15-18(3)14-19(4)16-24/h6-17,27H,1-5H3,(H2,30,31,33). The number of esters is 1. The molecular weight excluding hydrogens is 456 g/mol. The number of hydrogen-bond donors (Lipinski definition) is 2. The first-order valence-corrected chi connectivity index (χ1v) is 11.8. The van der Waals surface area contributed by atoms with E-state index in [1.807, 2.05) is 50.2 Å². The number of aryl methyl sites for hydroxylation is 2. The van der Waals surface area contributed by atoms with Crippen molar-refractivity contribution in [2.75, 3.05) is 7.11 Å². The van der Waals surface area contributed by atoms with E-state index in [2.05, 4.69) is 16.7 Å². The van der Waals surface area contributed by atoms with Crippen LogP contribution in [0.5, 0.6) is 17.2 Å². The molecule has 0 spiro atoms. The van der Waals surface area contributed by atoms with Crippen molar-refractivity contribution < 1.29 is 23.8 Å². The summed E-state index contributed by atoms with van der Waals surface area (Å²) in [4.78, 5) is 25.9. The van der Waals surface area contributed by atoms with Crippen molar-refractivity contribution in [3.8, 4) is 17.2 Å². The average Bonchev–Trinajstić information content (AvgIpc) is 2.83. The van der Waals surface area contributed by atoms with Crippen molar-refractivity contribution in [3.05, 3.63) is 94.6 Å². The maximum atomic E-state index is 13.3. The van der Waals surface area contributed by atoms with Gasteiger partial charge in [-0.15, -0.1) is 0 Å². The van der Waals surface area contributed by atoms with Gasteiger partial charge in [0.2, 0.25) is 0 Å². The Morgan fingerprint density at radius 1 is 0.861 bits per heavy atom. The Kier molecular flexibility index (Phi) is 7.29.